The lowest BCUT2D eigenvalue weighted by Gasteiger charge is -2.19. The van der Waals surface area contributed by atoms with Gasteiger partial charge in [0.1, 0.15) is 18.0 Å². The van der Waals surface area contributed by atoms with Gasteiger partial charge in [0.05, 0.1) is 33.4 Å². The number of hydrogen-bond acceptors (Lipinski definition) is 6. The summed E-state index contributed by atoms with van der Waals surface area (Å²) >= 11 is 2.94. The van der Waals surface area contributed by atoms with E-state index in [1.165, 1.54) is 6.92 Å². The first kappa shape index (κ1) is 23.3. The summed E-state index contributed by atoms with van der Waals surface area (Å²) in [6.07, 6.45) is 1.05. The van der Waals surface area contributed by atoms with Gasteiger partial charge in [-0.3, -0.25) is 9.59 Å². The molecule has 0 saturated heterocycles. The first-order valence-corrected chi connectivity index (χ1v) is 9.97. The molecule has 11 heteroatoms. The van der Waals surface area contributed by atoms with Gasteiger partial charge < -0.3 is 19.8 Å². The normalized spacial score (nSPS) is 10.9. The Labute approximate surface area is 187 Å². The van der Waals surface area contributed by atoms with E-state index in [4.69, 9.17) is 15.2 Å². The van der Waals surface area contributed by atoms with Crippen LogP contribution in [0.3, 0.4) is 0 Å². The molecule has 0 aliphatic heterocycles. The number of anilines is 1. The molecule has 0 aliphatic rings. The molecule has 0 amide bonds. The number of esters is 2. The zero-order chi connectivity index (χ0) is 23.7. The maximum Gasteiger partial charge on any atom is 0.343 e. The van der Waals surface area contributed by atoms with Gasteiger partial charge in [-0.05, 0) is 41.1 Å². The molecule has 2 N–H and O–H groups in total. The number of carbonyl (C=O) groups excluding carboxylic acids is 2. The number of rotatable bonds is 5. The number of halogens is 4. The molecule has 0 saturated carbocycles. The molecule has 1 aromatic heterocycles. The molecule has 0 aliphatic carbocycles. The van der Waals surface area contributed by atoms with Gasteiger partial charge in [0.25, 0.3) is 0 Å². The van der Waals surface area contributed by atoms with Crippen molar-refractivity contribution in [2.75, 3.05) is 12.3 Å². The molecule has 3 aromatic rings. The number of hydrogen-bond donors (Lipinski definition) is 1. The average Bonchev–Trinajstić information content (AvgIpc) is 2.73. The fourth-order valence-corrected chi connectivity index (χ4v) is 3.67. The van der Waals surface area contributed by atoms with Crippen molar-refractivity contribution in [1.29, 1.82) is 0 Å². The van der Waals surface area contributed by atoms with Crippen molar-refractivity contribution in [3.05, 3.63) is 67.7 Å². The van der Waals surface area contributed by atoms with Crippen LogP contribution in [0.4, 0.5) is 18.9 Å². The van der Waals surface area contributed by atoms with Crippen molar-refractivity contribution < 1.29 is 32.2 Å². The van der Waals surface area contributed by atoms with E-state index in [0.717, 1.165) is 29.8 Å². The van der Waals surface area contributed by atoms with Gasteiger partial charge in [-0.15, -0.1) is 0 Å². The van der Waals surface area contributed by atoms with E-state index in [1.807, 2.05) is 0 Å². The third-order valence-electron chi connectivity index (χ3n) is 4.51. The lowest BCUT2D eigenvalue weighted by molar-refractivity contribution is -0.142. The Kier molecular flexibility index (Phi) is 6.58. The first-order chi connectivity index (χ1) is 15.1. The predicted molar refractivity (Wildman–Crippen MR) is 113 cm³/mol. The highest BCUT2D eigenvalue weighted by molar-refractivity contribution is 9.10. The number of benzene rings is 2. The summed E-state index contributed by atoms with van der Waals surface area (Å²) in [6, 6.07) is 2.80. The Bertz CT molecular complexity index is 1320. The van der Waals surface area contributed by atoms with Crippen molar-refractivity contribution in [2.45, 2.75) is 20.5 Å². The molecule has 2 aromatic carbocycles. The summed E-state index contributed by atoms with van der Waals surface area (Å²) in [5, 5.41) is -0.345. The van der Waals surface area contributed by atoms with Gasteiger partial charge in [0.15, 0.2) is 11.6 Å². The van der Waals surface area contributed by atoms with Crippen LogP contribution in [-0.2, 0) is 20.9 Å². The molecule has 3 rings (SSSR count). The Morgan fingerprint density at radius 2 is 1.81 bits per heavy atom. The lowest BCUT2D eigenvalue weighted by atomic mass is 10.1. The van der Waals surface area contributed by atoms with E-state index in [1.54, 1.807) is 0 Å². The van der Waals surface area contributed by atoms with E-state index in [9.17, 15) is 27.6 Å². The standard InChI is InChI=1S/C21H16BrF3N2O5/c1-3-31-21(30)12-7-27(19-11(20(12)29)5-14(24)18(25)17(19)22)16-6-15(26)13(23)4-10(16)8-32-9(2)28/h4-7H,3,8,26H2,1-2H3. The molecule has 0 atom stereocenters. The van der Waals surface area contributed by atoms with Gasteiger partial charge in [0.2, 0.25) is 5.43 Å². The predicted octanol–water partition coefficient (Wildman–Crippen LogP) is 3.99. The van der Waals surface area contributed by atoms with Crippen LogP contribution in [0, 0.1) is 17.5 Å². The second-order valence-corrected chi connectivity index (χ2v) is 7.42. The molecule has 0 spiro atoms. The number of aromatic nitrogens is 1. The highest BCUT2D eigenvalue weighted by atomic mass is 79.9. The Morgan fingerprint density at radius 1 is 1.12 bits per heavy atom. The van der Waals surface area contributed by atoms with Crippen molar-refractivity contribution in [3.63, 3.8) is 0 Å². The fraction of sp³-hybridized carbons (Fsp3) is 0.190. The maximum absolute atomic E-state index is 14.4. The summed E-state index contributed by atoms with van der Waals surface area (Å²) in [5.41, 5.74) is 4.01. The quantitative estimate of drug-likeness (QED) is 0.315. The van der Waals surface area contributed by atoms with Crippen LogP contribution in [-0.4, -0.2) is 23.1 Å². The summed E-state index contributed by atoms with van der Waals surface area (Å²) in [4.78, 5) is 36.5. The topological polar surface area (TPSA) is 101 Å². The largest absolute Gasteiger partial charge is 0.462 e. The monoisotopic (exact) mass is 512 g/mol. The maximum atomic E-state index is 14.4. The summed E-state index contributed by atoms with van der Waals surface area (Å²) < 4.78 is 53.3. The minimum atomic E-state index is -1.33. The summed E-state index contributed by atoms with van der Waals surface area (Å²) in [6.45, 7) is 2.24. The van der Waals surface area contributed by atoms with Crippen LogP contribution in [0.1, 0.15) is 29.8 Å². The summed E-state index contributed by atoms with van der Waals surface area (Å²) in [5.74, 6) is -5.08. The molecule has 0 unspecified atom stereocenters. The van der Waals surface area contributed by atoms with Crippen molar-refractivity contribution in [1.82, 2.24) is 4.57 Å². The molecule has 32 heavy (non-hydrogen) atoms. The number of nitrogen functional groups attached to an aromatic ring is 1. The minimum Gasteiger partial charge on any atom is -0.462 e. The number of nitrogens with zero attached hydrogens (tertiary/aromatic N) is 1. The second-order valence-electron chi connectivity index (χ2n) is 6.63. The smallest absolute Gasteiger partial charge is 0.343 e. The van der Waals surface area contributed by atoms with Gasteiger partial charge in [-0.2, -0.15) is 0 Å². The zero-order valence-corrected chi connectivity index (χ0v) is 18.4. The van der Waals surface area contributed by atoms with Gasteiger partial charge in [0, 0.05) is 18.7 Å². The van der Waals surface area contributed by atoms with Crippen molar-refractivity contribution in [2.24, 2.45) is 0 Å². The molecule has 0 bridgehead atoms. The minimum absolute atomic E-state index is 0.0427. The number of nitrogens with two attached hydrogens (primary N) is 1. The highest BCUT2D eigenvalue weighted by Gasteiger charge is 2.24. The Hall–Kier alpha value is -3.34. The molecular formula is C21H16BrF3N2O5. The molecule has 0 fully saturated rings. The van der Waals surface area contributed by atoms with Crippen LogP contribution < -0.4 is 11.2 Å². The van der Waals surface area contributed by atoms with Gasteiger partial charge >= 0.3 is 11.9 Å². The zero-order valence-electron chi connectivity index (χ0n) is 16.8. The molecule has 0 radical (unpaired) electrons. The summed E-state index contributed by atoms with van der Waals surface area (Å²) in [7, 11) is 0. The highest BCUT2D eigenvalue weighted by Crippen LogP contribution is 2.32. The number of ether oxygens (including phenoxy) is 2. The second kappa shape index (κ2) is 9.03. The number of pyridine rings is 1. The van der Waals surface area contributed by atoms with Crippen LogP contribution in [0.2, 0.25) is 0 Å². The van der Waals surface area contributed by atoms with Crippen molar-refractivity contribution >= 4 is 44.5 Å². The van der Waals surface area contributed by atoms with E-state index in [2.05, 4.69) is 15.9 Å². The third-order valence-corrected chi connectivity index (χ3v) is 5.23. The van der Waals surface area contributed by atoms with Gasteiger partial charge in [-0.1, -0.05) is 0 Å². The molecule has 168 valence electrons. The van der Waals surface area contributed by atoms with Crippen LogP contribution >= 0.6 is 15.9 Å². The number of fused-ring (bicyclic) bond motifs is 1. The fourth-order valence-electron chi connectivity index (χ4n) is 3.07. The Balaban J connectivity index is 2.47. The third kappa shape index (κ3) is 4.20. The Morgan fingerprint density at radius 3 is 2.44 bits per heavy atom. The van der Waals surface area contributed by atoms with Gasteiger partial charge in [-0.25, -0.2) is 18.0 Å². The van der Waals surface area contributed by atoms with Crippen LogP contribution in [0.25, 0.3) is 16.6 Å². The van der Waals surface area contributed by atoms with E-state index in [-0.39, 0.29) is 34.4 Å². The number of carbonyl (C=O) groups is 2. The van der Waals surface area contributed by atoms with Crippen LogP contribution in [0.5, 0.6) is 0 Å². The molecule has 1 heterocycles. The lowest BCUT2D eigenvalue weighted by Crippen LogP contribution is -2.22. The first-order valence-electron chi connectivity index (χ1n) is 9.18. The average molecular weight is 513 g/mol. The SMILES string of the molecule is CCOC(=O)c1cn(-c2cc(N)c(F)cc2COC(C)=O)c2c(Br)c(F)c(F)cc2c1=O. The molecular weight excluding hydrogens is 497 g/mol. The van der Waals surface area contributed by atoms with E-state index < -0.39 is 51.5 Å². The van der Waals surface area contributed by atoms with Crippen LogP contribution in [0.15, 0.2) is 33.7 Å². The van der Waals surface area contributed by atoms with Crippen molar-refractivity contribution in [3.8, 4) is 5.69 Å². The molecule has 7 nitrogen and oxygen atoms in total. The van der Waals surface area contributed by atoms with E-state index in [0.29, 0.717) is 6.07 Å². The van der Waals surface area contributed by atoms with E-state index >= 15 is 0 Å².